The maximum Gasteiger partial charge on any atom is 0.240 e. The number of Topliss-reactive ketones (excluding diaryl/α,β-unsaturated/α-hetero) is 1. The van der Waals surface area contributed by atoms with E-state index in [2.05, 4.69) is 5.32 Å². The van der Waals surface area contributed by atoms with Crippen LogP contribution >= 0.6 is 0 Å². The Morgan fingerprint density at radius 3 is 2.83 bits per heavy atom. The molecule has 1 N–H and O–H groups in total. The molecule has 0 spiro atoms. The van der Waals surface area contributed by atoms with Crippen LogP contribution in [-0.4, -0.2) is 22.3 Å². The predicted molar refractivity (Wildman–Crippen MR) is 67.5 cm³/mol. The molecule has 18 heavy (non-hydrogen) atoms. The molecule has 2 aliphatic carbocycles. The van der Waals surface area contributed by atoms with Gasteiger partial charge in [0.1, 0.15) is 6.54 Å². The lowest BCUT2D eigenvalue weighted by Crippen LogP contribution is -2.28. The molecular weight excluding hydrogens is 228 g/mol. The average Bonchev–Trinajstić information content (AvgIpc) is 3.06. The third-order valence-corrected chi connectivity index (χ3v) is 3.63. The van der Waals surface area contributed by atoms with E-state index >= 15 is 0 Å². The molecule has 0 saturated heterocycles. The van der Waals surface area contributed by atoms with Crippen molar-refractivity contribution in [3.05, 3.63) is 23.5 Å². The molecule has 1 heterocycles. The second-order valence-electron chi connectivity index (χ2n) is 5.34. The summed E-state index contributed by atoms with van der Waals surface area (Å²) in [5.41, 5.74) is 1.93. The van der Waals surface area contributed by atoms with E-state index in [9.17, 15) is 9.59 Å². The fraction of sp³-hybridized carbons (Fsp3) is 0.571. The summed E-state index contributed by atoms with van der Waals surface area (Å²) in [5.74, 6) is 0.277. The zero-order valence-electron chi connectivity index (χ0n) is 10.4. The monoisotopic (exact) mass is 246 g/mol. The van der Waals surface area contributed by atoms with Gasteiger partial charge in [0.15, 0.2) is 5.78 Å². The van der Waals surface area contributed by atoms with Crippen molar-refractivity contribution < 1.29 is 9.59 Å². The van der Waals surface area contributed by atoms with Gasteiger partial charge in [0.2, 0.25) is 5.91 Å². The maximum atomic E-state index is 11.9. The van der Waals surface area contributed by atoms with Crippen LogP contribution in [0.4, 0.5) is 0 Å². The van der Waals surface area contributed by atoms with Crippen molar-refractivity contribution in [1.29, 1.82) is 0 Å². The second-order valence-corrected chi connectivity index (χ2v) is 5.34. The van der Waals surface area contributed by atoms with Gasteiger partial charge in [-0.05, 0) is 37.7 Å². The Kier molecular flexibility index (Phi) is 2.94. The van der Waals surface area contributed by atoms with Crippen molar-refractivity contribution in [2.24, 2.45) is 0 Å². The van der Waals surface area contributed by atoms with Gasteiger partial charge in [-0.2, -0.15) is 0 Å². The number of nitrogens with one attached hydrogen (secondary N) is 1. The highest BCUT2D eigenvalue weighted by atomic mass is 16.2. The lowest BCUT2D eigenvalue weighted by Gasteiger charge is -2.04. The molecule has 3 rings (SSSR count). The van der Waals surface area contributed by atoms with Gasteiger partial charge < -0.3 is 9.88 Å². The number of rotatable bonds is 3. The number of nitrogens with zero attached hydrogens (tertiary/aromatic N) is 1. The molecule has 1 fully saturated rings. The van der Waals surface area contributed by atoms with Crippen LogP contribution < -0.4 is 5.32 Å². The molecule has 0 aliphatic heterocycles. The predicted octanol–water partition coefficient (Wildman–Crippen LogP) is 1.68. The number of carbonyl (C=O) groups is 2. The van der Waals surface area contributed by atoms with Gasteiger partial charge in [0.05, 0.1) is 0 Å². The summed E-state index contributed by atoms with van der Waals surface area (Å²) in [4.78, 5) is 23.6. The zero-order chi connectivity index (χ0) is 12.5. The molecular formula is C14H18N2O2. The van der Waals surface area contributed by atoms with Gasteiger partial charge in [0.25, 0.3) is 0 Å². The smallest absolute Gasteiger partial charge is 0.240 e. The summed E-state index contributed by atoms with van der Waals surface area (Å²) in [7, 11) is 0. The van der Waals surface area contributed by atoms with E-state index in [-0.39, 0.29) is 11.7 Å². The van der Waals surface area contributed by atoms with Crippen LogP contribution in [0, 0.1) is 0 Å². The van der Waals surface area contributed by atoms with E-state index in [0.29, 0.717) is 19.0 Å². The molecule has 4 heteroatoms. The van der Waals surface area contributed by atoms with Crippen LogP contribution in [0.3, 0.4) is 0 Å². The molecule has 1 amide bonds. The molecule has 0 atom stereocenters. The fourth-order valence-electron chi connectivity index (χ4n) is 2.50. The normalized spacial score (nSPS) is 19.2. The summed E-state index contributed by atoms with van der Waals surface area (Å²) >= 11 is 0. The summed E-state index contributed by atoms with van der Waals surface area (Å²) in [6, 6.07) is 0.396. The number of carbonyl (C=O) groups excluding carboxylic acids is 2. The van der Waals surface area contributed by atoms with Gasteiger partial charge in [-0.15, -0.1) is 0 Å². The van der Waals surface area contributed by atoms with E-state index in [1.165, 1.54) is 0 Å². The lowest BCUT2D eigenvalue weighted by molar-refractivity contribution is -0.121. The highest BCUT2D eigenvalue weighted by Crippen LogP contribution is 2.22. The largest absolute Gasteiger partial charge is 0.352 e. The Hall–Kier alpha value is -1.58. The van der Waals surface area contributed by atoms with Crippen LogP contribution in [0.5, 0.6) is 0 Å². The van der Waals surface area contributed by atoms with E-state index in [0.717, 1.165) is 43.2 Å². The van der Waals surface area contributed by atoms with Crippen molar-refractivity contribution in [3.63, 3.8) is 0 Å². The maximum absolute atomic E-state index is 11.9. The zero-order valence-corrected chi connectivity index (χ0v) is 10.4. The summed E-state index contributed by atoms with van der Waals surface area (Å²) < 4.78 is 1.85. The first-order valence-electron chi connectivity index (χ1n) is 6.73. The summed E-state index contributed by atoms with van der Waals surface area (Å²) in [5, 5.41) is 2.96. The second kappa shape index (κ2) is 4.59. The minimum absolute atomic E-state index is 0.0510. The number of aryl methyl sites for hydroxylation is 1. The number of hydrogen-bond donors (Lipinski definition) is 1. The highest BCUT2D eigenvalue weighted by molar-refractivity contribution is 5.97. The number of ketones is 1. The summed E-state index contributed by atoms with van der Waals surface area (Å²) in [6.07, 6.45) is 9.66. The van der Waals surface area contributed by atoms with Crippen molar-refractivity contribution >= 4 is 11.7 Å². The summed E-state index contributed by atoms with van der Waals surface area (Å²) in [6.45, 7) is 0.330. The molecule has 1 aromatic heterocycles. The molecule has 0 radical (unpaired) electrons. The number of aromatic nitrogens is 1. The molecule has 0 aromatic carbocycles. The van der Waals surface area contributed by atoms with Crippen LogP contribution in [0.25, 0.3) is 0 Å². The Morgan fingerprint density at radius 1 is 1.28 bits per heavy atom. The standard InChI is InChI=1S/C14H18N2O2/c17-13-4-2-1-3-10-7-16(8-12(10)13)9-14(18)15-11-5-6-11/h7-8,11H,1-6,9H2,(H,15,18). The van der Waals surface area contributed by atoms with Crippen LogP contribution in [0.2, 0.25) is 0 Å². The Labute approximate surface area is 106 Å². The molecule has 0 bridgehead atoms. The topological polar surface area (TPSA) is 51.1 Å². The minimum atomic E-state index is 0.0510. The van der Waals surface area contributed by atoms with E-state index < -0.39 is 0 Å². The third-order valence-electron chi connectivity index (χ3n) is 3.63. The Morgan fingerprint density at radius 2 is 2.06 bits per heavy atom. The first kappa shape index (κ1) is 11.5. The molecule has 96 valence electrons. The Balaban J connectivity index is 1.71. The first-order valence-corrected chi connectivity index (χ1v) is 6.73. The van der Waals surface area contributed by atoms with Gasteiger partial charge >= 0.3 is 0 Å². The SMILES string of the molecule is O=C(Cn1cc2c(c1)C(=O)CCCC2)NC1CC1. The van der Waals surface area contributed by atoms with Crippen molar-refractivity contribution in [2.45, 2.75) is 51.1 Å². The van der Waals surface area contributed by atoms with E-state index in [1.54, 1.807) is 0 Å². The van der Waals surface area contributed by atoms with Crippen molar-refractivity contribution in [3.8, 4) is 0 Å². The molecule has 4 nitrogen and oxygen atoms in total. The Bertz CT molecular complexity index is 486. The number of hydrogen-bond acceptors (Lipinski definition) is 2. The average molecular weight is 246 g/mol. The number of fused-ring (bicyclic) bond motifs is 1. The molecule has 2 aliphatic rings. The third kappa shape index (κ3) is 2.47. The molecule has 1 saturated carbocycles. The van der Waals surface area contributed by atoms with Crippen LogP contribution in [0.1, 0.15) is 48.0 Å². The quantitative estimate of drug-likeness (QED) is 0.825. The fourth-order valence-corrected chi connectivity index (χ4v) is 2.50. The van der Waals surface area contributed by atoms with E-state index in [4.69, 9.17) is 0 Å². The van der Waals surface area contributed by atoms with Crippen LogP contribution in [0.15, 0.2) is 12.4 Å². The van der Waals surface area contributed by atoms with Gasteiger partial charge in [0, 0.05) is 30.4 Å². The highest BCUT2D eigenvalue weighted by Gasteiger charge is 2.24. The van der Waals surface area contributed by atoms with Gasteiger partial charge in [-0.25, -0.2) is 0 Å². The van der Waals surface area contributed by atoms with Crippen LogP contribution in [-0.2, 0) is 17.8 Å². The minimum Gasteiger partial charge on any atom is -0.352 e. The van der Waals surface area contributed by atoms with Gasteiger partial charge in [-0.3, -0.25) is 9.59 Å². The number of amides is 1. The van der Waals surface area contributed by atoms with E-state index in [1.807, 2.05) is 17.0 Å². The molecule has 0 unspecified atom stereocenters. The van der Waals surface area contributed by atoms with Crippen molar-refractivity contribution in [1.82, 2.24) is 9.88 Å². The van der Waals surface area contributed by atoms with Crippen molar-refractivity contribution in [2.75, 3.05) is 0 Å². The first-order chi connectivity index (χ1) is 8.72. The molecule has 1 aromatic rings. The lowest BCUT2D eigenvalue weighted by atomic mass is 10.1. The van der Waals surface area contributed by atoms with Gasteiger partial charge in [-0.1, -0.05) is 0 Å².